The molecule has 1 fully saturated rings. The third-order valence-electron chi connectivity index (χ3n) is 2.20. The molecule has 10 heavy (non-hydrogen) atoms. The molecular weight excluding hydrogens is 128 g/mol. The van der Waals surface area contributed by atoms with E-state index in [9.17, 15) is 5.11 Å². The van der Waals surface area contributed by atoms with Crippen LogP contribution in [0.4, 0.5) is 0 Å². The molecule has 2 nitrogen and oxygen atoms in total. The minimum atomic E-state index is -0.902. The molecule has 2 heteroatoms. The number of ether oxygens (including phenoxy) is 1. The predicted molar refractivity (Wildman–Crippen MR) is 37.4 cm³/mol. The van der Waals surface area contributed by atoms with Crippen LogP contribution in [0, 0.1) is 0 Å². The standard InChI is InChI=1S/C8H12O2/c9-8-5-2-1-3-7(10-8)4-6-8/h4,6-7,9H,1-3,5H2/t7-,8-/m0/s1. The fraction of sp³-hybridized carbons (Fsp3) is 0.750. The maximum Gasteiger partial charge on any atom is 0.185 e. The molecule has 0 radical (unpaired) electrons. The fourth-order valence-corrected chi connectivity index (χ4v) is 1.62. The van der Waals surface area contributed by atoms with Gasteiger partial charge in [-0.1, -0.05) is 12.5 Å². The van der Waals surface area contributed by atoms with Gasteiger partial charge in [0.05, 0.1) is 6.10 Å². The lowest BCUT2D eigenvalue weighted by Crippen LogP contribution is -2.26. The number of aliphatic hydroxyl groups is 1. The van der Waals surface area contributed by atoms with Crippen molar-refractivity contribution in [1.29, 1.82) is 0 Å². The average molecular weight is 140 g/mol. The van der Waals surface area contributed by atoms with Gasteiger partial charge in [-0.2, -0.15) is 0 Å². The van der Waals surface area contributed by atoms with Crippen molar-refractivity contribution >= 4 is 0 Å². The van der Waals surface area contributed by atoms with Gasteiger partial charge >= 0.3 is 0 Å². The Balaban J connectivity index is 2.17. The van der Waals surface area contributed by atoms with Crippen LogP contribution in [0.1, 0.15) is 25.7 Å². The summed E-state index contributed by atoms with van der Waals surface area (Å²) in [4.78, 5) is 0. The van der Waals surface area contributed by atoms with Gasteiger partial charge in [0.15, 0.2) is 5.79 Å². The summed E-state index contributed by atoms with van der Waals surface area (Å²) in [5.41, 5.74) is 0. The van der Waals surface area contributed by atoms with Gasteiger partial charge in [-0.05, 0) is 18.9 Å². The summed E-state index contributed by atoms with van der Waals surface area (Å²) < 4.78 is 5.35. The van der Waals surface area contributed by atoms with Gasteiger partial charge in [0.1, 0.15) is 0 Å². The Hall–Kier alpha value is -0.340. The molecule has 0 unspecified atom stereocenters. The lowest BCUT2D eigenvalue weighted by Gasteiger charge is -2.19. The smallest absolute Gasteiger partial charge is 0.185 e. The van der Waals surface area contributed by atoms with E-state index in [1.54, 1.807) is 6.08 Å². The Morgan fingerprint density at radius 3 is 3.30 bits per heavy atom. The Labute approximate surface area is 60.5 Å². The summed E-state index contributed by atoms with van der Waals surface area (Å²) in [5, 5.41) is 9.59. The summed E-state index contributed by atoms with van der Waals surface area (Å²) in [5.74, 6) is -0.902. The zero-order valence-electron chi connectivity index (χ0n) is 5.92. The molecule has 2 bridgehead atoms. The minimum Gasteiger partial charge on any atom is -0.362 e. The average Bonchev–Trinajstić information content (AvgIpc) is 2.11. The van der Waals surface area contributed by atoms with Crippen LogP contribution in [0.15, 0.2) is 12.2 Å². The van der Waals surface area contributed by atoms with Crippen LogP contribution in [0.25, 0.3) is 0 Å². The van der Waals surface area contributed by atoms with Crippen molar-refractivity contribution in [2.75, 3.05) is 0 Å². The van der Waals surface area contributed by atoms with E-state index in [-0.39, 0.29) is 6.10 Å². The molecule has 2 aliphatic rings. The van der Waals surface area contributed by atoms with E-state index in [1.165, 1.54) is 6.42 Å². The summed E-state index contributed by atoms with van der Waals surface area (Å²) >= 11 is 0. The van der Waals surface area contributed by atoms with Gasteiger partial charge in [-0.15, -0.1) is 0 Å². The second kappa shape index (κ2) is 2.07. The highest BCUT2D eigenvalue weighted by molar-refractivity contribution is 5.07. The fourth-order valence-electron chi connectivity index (χ4n) is 1.62. The van der Waals surface area contributed by atoms with Crippen molar-refractivity contribution in [3.63, 3.8) is 0 Å². The molecular formula is C8H12O2. The first-order valence-electron chi connectivity index (χ1n) is 3.88. The molecule has 2 heterocycles. The van der Waals surface area contributed by atoms with Crippen molar-refractivity contribution in [2.24, 2.45) is 0 Å². The van der Waals surface area contributed by atoms with E-state index in [2.05, 4.69) is 0 Å². The molecule has 0 saturated carbocycles. The van der Waals surface area contributed by atoms with E-state index in [1.807, 2.05) is 6.08 Å². The minimum absolute atomic E-state index is 0.187. The Kier molecular flexibility index (Phi) is 1.32. The van der Waals surface area contributed by atoms with Gasteiger partial charge in [-0.3, -0.25) is 0 Å². The molecule has 56 valence electrons. The van der Waals surface area contributed by atoms with Crippen molar-refractivity contribution in [2.45, 2.75) is 37.6 Å². The van der Waals surface area contributed by atoms with E-state index in [0.29, 0.717) is 0 Å². The first kappa shape index (κ1) is 6.38. The lowest BCUT2D eigenvalue weighted by molar-refractivity contribution is -0.169. The highest BCUT2D eigenvalue weighted by Gasteiger charge is 2.34. The third kappa shape index (κ3) is 0.976. The van der Waals surface area contributed by atoms with Crippen molar-refractivity contribution < 1.29 is 9.84 Å². The molecule has 0 aromatic rings. The molecule has 0 amide bonds. The molecule has 0 aromatic heterocycles. The van der Waals surface area contributed by atoms with Crippen LogP contribution in [0.2, 0.25) is 0 Å². The Bertz CT molecular complexity index is 165. The molecule has 2 rings (SSSR count). The van der Waals surface area contributed by atoms with Gasteiger partial charge in [0.25, 0.3) is 0 Å². The molecule has 0 aromatic carbocycles. The Morgan fingerprint density at radius 2 is 2.40 bits per heavy atom. The topological polar surface area (TPSA) is 29.5 Å². The molecule has 2 aliphatic heterocycles. The van der Waals surface area contributed by atoms with Crippen molar-refractivity contribution in [1.82, 2.24) is 0 Å². The lowest BCUT2D eigenvalue weighted by atomic mass is 10.0. The van der Waals surface area contributed by atoms with Gasteiger partial charge in [-0.25, -0.2) is 0 Å². The maximum atomic E-state index is 9.59. The predicted octanol–water partition coefficient (Wildman–Crippen LogP) is 1.20. The normalized spacial score (nSPS) is 45.5. The van der Waals surface area contributed by atoms with E-state index >= 15 is 0 Å². The molecule has 0 aliphatic carbocycles. The zero-order valence-corrected chi connectivity index (χ0v) is 5.92. The van der Waals surface area contributed by atoms with E-state index in [4.69, 9.17) is 4.74 Å². The number of rotatable bonds is 0. The second-order valence-electron chi connectivity index (χ2n) is 3.11. The number of hydrogen-bond donors (Lipinski definition) is 1. The molecule has 2 atom stereocenters. The highest BCUT2D eigenvalue weighted by Crippen LogP contribution is 2.32. The molecule has 1 N–H and O–H groups in total. The van der Waals surface area contributed by atoms with Crippen LogP contribution in [-0.2, 0) is 4.74 Å². The first-order valence-corrected chi connectivity index (χ1v) is 3.88. The first-order chi connectivity index (χ1) is 4.79. The number of hydrogen-bond acceptors (Lipinski definition) is 2. The molecule has 1 saturated heterocycles. The molecule has 0 spiro atoms. The van der Waals surface area contributed by atoms with Crippen molar-refractivity contribution in [3.8, 4) is 0 Å². The monoisotopic (exact) mass is 140 g/mol. The Morgan fingerprint density at radius 1 is 1.50 bits per heavy atom. The largest absolute Gasteiger partial charge is 0.362 e. The second-order valence-corrected chi connectivity index (χ2v) is 3.11. The summed E-state index contributed by atoms with van der Waals surface area (Å²) in [6, 6.07) is 0. The maximum absolute atomic E-state index is 9.59. The third-order valence-corrected chi connectivity index (χ3v) is 2.20. The number of fused-ring (bicyclic) bond motifs is 2. The van der Waals surface area contributed by atoms with Gasteiger partial charge in [0.2, 0.25) is 0 Å². The summed E-state index contributed by atoms with van der Waals surface area (Å²) in [6.07, 6.45) is 8.04. The van der Waals surface area contributed by atoms with Gasteiger partial charge in [0, 0.05) is 6.42 Å². The zero-order chi connectivity index (χ0) is 7.03. The summed E-state index contributed by atoms with van der Waals surface area (Å²) in [7, 11) is 0. The van der Waals surface area contributed by atoms with Crippen molar-refractivity contribution in [3.05, 3.63) is 12.2 Å². The van der Waals surface area contributed by atoms with Crippen LogP contribution in [-0.4, -0.2) is 17.0 Å². The van der Waals surface area contributed by atoms with Gasteiger partial charge < -0.3 is 9.84 Å². The van der Waals surface area contributed by atoms with Crippen LogP contribution in [0.3, 0.4) is 0 Å². The quantitative estimate of drug-likeness (QED) is 0.512. The highest BCUT2D eigenvalue weighted by atomic mass is 16.6. The summed E-state index contributed by atoms with van der Waals surface area (Å²) in [6.45, 7) is 0. The van der Waals surface area contributed by atoms with E-state index in [0.717, 1.165) is 19.3 Å². The van der Waals surface area contributed by atoms with Crippen LogP contribution < -0.4 is 0 Å². The SMILES string of the molecule is O[C@@]12C=C[C@H](CCCC1)O2. The van der Waals surface area contributed by atoms with E-state index < -0.39 is 5.79 Å². The van der Waals surface area contributed by atoms with Crippen LogP contribution in [0.5, 0.6) is 0 Å². The van der Waals surface area contributed by atoms with Crippen LogP contribution >= 0.6 is 0 Å².